The summed E-state index contributed by atoms with van der Waals surface area (Å²) in [5.74, 6) is 0.0788. The molecule has 1 fully saturated rings. The third-order valence-corrected chi connectivity index (χ3v) is 5.17. The van der Waals surface area contributed by atoms with Crippen molar-refractivity contribution >= 4 is 33.1 Å². The first kappa shape index (κ1) is 14.3. The maximum Gasteiger partial charge on any atom is 0.266 e. The van der Waals surface area contributed by atoms with E-state index in [9.17, 15) is 4.79 Å². The number of anilines is 1. The number of fused-ring (bicyclic) bond motifs is 1. The molecule has 0 aromatic carbocycles. The topological polar surface area (TPSA) is 59.2 Å². The maximum atomic E-state index is 12.8. The molecule has 1 amide bonds. The predicted octanol–water partition coefficient (Wildman–Crippen LogP) is 3.59. The zero-order valence-corrected chi connectivity index (χ0v) is 13.2. The van der Waals surface area contributed by atoms with E-state index in [-0.39, 0.29) is 5.91 Å². The Hall–Kier alpha value is -1.62. The number of hydrogen-bond donors (Lipinski definition) is 1. The minimum Gasteiger partial charge on any atom is -0.397 e. The summed E-state index contributed by atoms with van der Waals surface area (Å²) in [6.45, 7) is 3.65. The number of amides is 1. The van der Waals surface area contributed by atoms with Crippen LogP contribution in [0.25, 0.3) is 10.2 Å². The molecule has 3 rings (SSSR count). The van der Waals surface area contributed by atoms with Crippen LogP contribution in [0.15, 0.2) is 12.1 Å². The quantitative estimate of drug-likeness (QED) is 0.875. The highest BCUT2D eigenvalue weighted by Gasteiger charge is 2.22. The molecule has 0 spiro atoms. The van der Waals surface area contributed by atoms with E-state index in [0.29, 0.717) is 10.6 Å². The third kappa shape index (κ3) is 2.88. The van der Waals surface area contributed by atoms with Crippen LogP contribution in [0.3, 0.4) is 0 Å². The molecule has 0 aliphatic carbocycles. The summed E-state index contributed by atoms with van der Waals surface area (Å²) in [6.07, 6.45) is 5.90. The monoisotopic (exact) mass is 303 g/mol. The second-order valence-corrected chi connectivity index (χ2v) is 6.71. The van der Waals surface area contributed by atoms with Crippen molar-refractivity contribution in [2.24, 2.45) is 0 Å². The van der Waals surface area contributed by atoms with E-state index in [1.807, 2.05) is 24.0 Å². The molecule has 2 aromatic heterocycles. The fourth-order valence-corrected chi connectivity index (χ4v) is 3.95. The average Bonchev–Trinajstić information content (AvgIpc) is 2.74. The van der Waals surface area contributed by atoms with Crippen LogP contribution in [-0.4, -0.2) is 28.9 Å². The Kier molecular flexibility index (Phi) is 4.10. The predicted molar refractivity (Wildman–Crippen MR) is 87.8 cm³/mol. The van der Waals surface area contributed by atoms with Crippen LogP contribution < -0.4 is 5.73 Å². The van der Waals surface area contributed by atoms with Crippen LogP contribution in [0.5, 0.6) is 0 Å². The SMILES string of the molecule is Cc1ccc2c(N)c(C(=O)N3CCCCCCC3)sc2n1. The number of likely N-dealkylation sites (tertiary alicyclic amines) is 1. The van der Waals surface area contributed by atoms with Crippen molar-refractivity contribution in [3.05, 3.63) is 22.7 Å². The van der Waals surface area contributed by atoms with Crippen LogP contribution >= 0.6 is 11.3 Å². The molecule has 1 saturated heterocycles. The molecule has 0 atom stereocenters. The first-order valence-electron chi connectivity index (χ1n) is 7.62. The first-order valence-corrected chi connectivity index (χ1v) is 8.43. The van der Waals surface area contributed by atoms with Crippen LogP contribution in [0.4, 0.5) is 5.69 Å². The number of aromatic nitrogens is 1. The van der Waals surface area contributed by atoms with Gasteiger partial charge in [-0.1, -0.05) is 19.3 Å². The van der Waals surface area contributed by atoms with Crippen molar-refractivity contribution in [3.8, 4) is 0 Å². The lowest BCUT2D eigenvalue weighted by atomic mass is 10.1. The highest BCUT2D eigenvalue weighted by Crippen LogP contribution is 2.33. The van der Waals surface area contributed by atoms with E-state index in [2.05, 4.69) is 4.98 Å². The minimum atomic E-state index is 0.0788. The number of rotatable bonds is 1. The number of carbonyl (C=O) groups excluding carboxylic acids is 1. The van der Waals surface area contributed by atoms with E-state index in [1.165, 1.54) is 30.6 Å². The van der Waals surface area contributed by atoms with Crippen molar-refractivity contribution in [1.82, 2.24) is 9.88 Å². The zero-order chi connectivity index (χ0) is 14.8. The average molecular weight is 303 g/mol. The summed E-state index contributed by atoms with van der Waals surface area (Å²) >= 11 is 1.42. The Labute approximate surface area is 129 Å². The second-order valence-electron chi connectivity index (χ2n) is 5.71. The molecule has 3 heterocycles. The second kappa shape index (κ2) is 6.02. The molecule has 2 N–H and O–H groups in total. The molecule has 21 heavy (non-hydrogen) atoms. The van der Waals surface area contributed by atoms with E-state index in [0.717, 1.165) is 41.8 Å². The van der Waals surface area contributed by atoms with E-state index in [1.54, 1.807) is 0 Å². The standard InChI is InChI=1S/C16H21N3OS/c1-11-7-8-12-13(17)14(21-15(12)18-11)16(20)19-9-5-3-2-4-6-10-19/h7-8H,2-6,9-10,17H2,1H3. The number of aryl methyl sites for hydroxylation is 1. The Morgan fingerprint density at radius 1 is 1.19 bits per heavy atom. The third-order valence-electron chi connectivity index (χ3n) is 4.07. The Balaban J connectivity index is 1.91. The number of pyridine rings is 1. The zero-order valence-electron chi connectivity index (χ0n) is 12.4. The lowest BCUT2D eigenvalue weighted by Gasteiger charge is -2.24. The minimum absolute atomic E-state index is 0.0788. The van der Waals surface area contributed by atoms with Crippen LogP contribution in [0.2, 0.25) is 0 Å². The Morgan fingerprint density at radius 3 is 2.57 bits per heavy atom. The highest BCUT2D eigenvalue weighted by molar-refractivity contribution is 7.21. The van der Waals surface area contributed by atoms with Crippen LogP contribution in [0.1, 0.15) is 47.5 Å². The van der Waals surface area contributed by atoms with Crippen molar-refractivity contribution in [2.75, 3.05) is 18.8 Å². The van der Waals surface area contributed by atoms with Gasteiger partial charge in [-0.15, -0.1) is 11.3 Å². The molecular formula is C16H21N3OS. The van der Waals surface area contributed by atoms with Gasteiger partial charge in [0, 0.05) is 24.2 Å². The molecule has 0 unspecified atom stereocenters. The van der Waals surface area contributed by atoms with Gasteiger partial charge in [0.1, 0.15) is 9.71 Å². The largest absolute Gasteiger partial charge is 0.397 e. The van der Waals surface area contributed by atoms with E-state index < -0.39 is 0 Å². The summed E-state index contributed by atoms with van der Waals surface area (Å²) < 4.78 is 0. The van der Waals surface area contributed by atoms with E-state index >= 15 is 0 Å². The molecule has 0 saturated carbocycles. The van der Waals surface area contributed by atoms with Gasteiger partial charge < -0.3 is 10.6 Å². The first-order chi connectivity index (χ1) is 10.2. The summed E-state index contributed by atoms with van der Waals surface area (Å²) in [4.78, 5) is 20.7. The molecule has 1 aliphatic rings. The van der Waals surface area contributed by atoms with Crippen molar-refractivity contribution in [3.63, 3.8) is 0 Å². The van der Waals surface area contributed by atoms with Crippen LogP contribution in [0, 0.1) is 6.92 Å². The van der Waals surface area contributed by atoms with Gasteiger partial charge in [0.15, 0.2) is 0 Å². The number of carbonyl (C=O) groups is 1. The summed E-state index contributed by atoms with van der Waals surface area (Å²) in [6, 6.07) is 3.91. The maximum absolute atomic E-state index is 12.8. The van der Waals surface area contributed by atoms with Gasteiger partial charge in [0.05, 0.1) is 5.69 Å². The number of nitrogen functional groups attached to an aromatic ring is 1. The molecular weight excluding hydrogens is 282 g/mol. The van der Waals surface area contributed by atoms with Crippen molar-refractivity contribution in [2.45, 2.75) is 39.0 Å². The molecule has 1 aliphatic heterocycles. The van der Waals surface area contributed by atoms with Crippen LogP contribution in [-0.2, 0) is 0 Å². The number of nitrogens with two attached hydrogens (primary N) is 1. The molecule has 4 nitrogen and oxygen atoms in total. The van der Waals surface area contributed by atoms with Gasteiger partial charge in [-0.2, -0.15) is 0 Å². The number of hydrogen-bond acceptors (Lipinski definition) is 4. The van der Waals surface area contributed by atoms with Gasteiger partial charge in [-0.25, -0.2) is 4.98 Å². The Bertz CT molecular complexity index is 657. The molecule has 0 radical (unpaired) electrons. The molecule has 0 bridgehead atoms. The summed E-state index contributed by atoms with van der Waals surface area (Å²) in [5.41, 5.74) is 7.73. The fourth-order valence-electron chi connectivity index (χ4n) is 2.84. The van der Waals surface area contributed by atoms with Gasteiger partial charge in [-0.3, -0.25) is 4.79 Å². The number of nitrogens with zero attached hydrogens (tertiary/aromatic N) is 2. The van der Waals surface area contributed by atoms with Gasteiger partial charge in [0.25, 0.3) is 5.91 Å². The lowest BCUT2D eigenvalue weighted by molar-refractivity contribution is 0.0748. The van der Waals surface area contributed by atoms with Crippen molar-refractivity contribution < 1.29 is 4.79 Å². The summed E-state index contributed by atoms with van der Waals surface area (Å²) in [5, 5.41) is 0.904. The number of thiophene rings is 1. The normalized spacial score (nSPS) is 16.7. The van der Waals surface area contributed by atoms with Gasteiger partial charge in [-0.05, 0) is 31.9 Å². The molecule has 112 valence electrons. The summed E-state index contributed by atoms with van der Waals surface area (Å²) in [7, 11) is 0. The molecule has 2 aromatic rings. The van der Waals surface area contributed by atoms with Gasteiger partial charge >= 0.3 is 0 Å². The van der Waals surface area contributed by atoms with E-state index in [4.69, 9.17) is 5.73 Å². The fraction of sp³-hybridized carbons (Fsp3) is 0.500. The highest BCUT2D eigenvalue weighted by atomic mass is 32.1. The van der Waals surface area contributed by atoms with Crippen molar-refractivity contribution in [1.29, 1.82) is 0 Å². The Morgan fingerprint density at radius 2 is 1.86 bits per heavy atom. The smallest absolute Gasteiger partial charge is 0.266 e. The molecule has 5 heteroatoms. The van der Waals surface area contributed by atoms with Gasteiger partial charge in [0.2, 0.25) is 0 Å². The lowest BCUT2D eigenvalue weighted by Crippen LogP contribution is -2.33.